The minimum absolute atomic E-state index is 0.769. The van der Waals surface area contributed by atoms with Gasteiger partial charge in [0.25, 0.3) is 0 Å². The van der Waals surface area contributed by atoms with Gasteiger partial charge in [-0.15, -0.1) is 6.58 Å². The van der Waals surface area contributed by atoms with Gasteiger partial charge in [0, 0.05) is 0 Å². The van der Waals surface area contributed by atoms with Crippen LogP contribution in [-0.2, 0) is 6.42 Å². The first-order valence-electron chi connectivity index (χ1n) is 7.55. The minimum Gasteiger partial charge on any atom is -0.103 e. The molecule has 0 atom stereocenters. The number of aryl methyl sites for hydroxylation is 1. The van der Waals surface area contributed by atoms with Gasteiger partial charge in [0.2, 0.25) is 0 Å². The smallest absolute Gasteiger partial charge is 0.0162 e. The number of benzene rings is 1. The molecular weight excluding hydrogens is 216 g/mol. The van der Waals surface area contributed by atoms with Gasteiger partial charge in [-0.05, 0) is 61.5 Å². The van der Waals surface area contributed by atoms with E-state index in [9.17, 15) is 0 Å². The molecule has 0 aliphatic heterocycles. The maximum atomic E-state index is 3.92. The molecule has 0 heteroatoms. The maximum Gasteiger partial charge on any atom is -0.0162 e. The van der Waals surface area contributed by atoms with Gasteiger partial charge in [-0.1, -0.05) is 43.7 Å². The second-order valence-electron chi connectivity index (χ2n) is 5.69. The van der Waals surface area contributed by atoms with Crippen LogP contribution in [0.25, 0.3) is 0 Å². The molecule has 0 nitrogen and oxygen atoms in total. The summed E-state index contributed by atoms with van der Waals surface area (Å²) in [5.41, 5.74) is 3.05. The third-order valence-corrected chi connectivity index (χ3v) is 4.38. The zero-order valence-electron chi connectivity index (χ0n) is 11.7. The molecule has 1 aromatic rings. The van der Waals surface area contributed by atoms with Gasteiger partial charge in [0.15, 0.2) is 0 Å². The van der Waals surface area contributed by atoms with Crippen LogP contribution in [0.3, 0.4) is 0 Å². The fourth-order valence-corrected chi connectivity index (χ4v) is 3.03. The Kier molecular flexibility index (Phi) is 5.04. The van der Waals surface area contributed by atoms with Crippen molar-refractivity contribution in [1.29, 1.82) is 0 Å². The first-order valence-corrected chi connectivity index (χ1v) is 7.55. The maximum absolute atomic E-state index is 3.92. The van der Waals surface area contributed by atoms with Crippen LogP contribution in [0, 0.1) is 5.92 Å². The monoisotopic (exact) mass is 242 g/mol. The van der Waals surface area contributed by atoms with E-state index in [2.05, 4.69) is 43.8 Å². The Morgan fingerprint density at radius 1 is 1.11 bits per heavy atom. The van der Waals surface area contributed by atoms with E-state index >= 15 is 0 Å². The summed E-state index contributed by atoms with van der Waals surface area (Å²) < 4.78 is 0. The van der Waals surface area contributed by atoms with Crippen molar-refractivity contribution in [3.8, 4) is 0 Å². The number of hydrogen-bond acceptors (Lipinski definition) is 0. The third-order valence-electron chi connectivity index (χ3n) is 4.38. The molecule has 2 rings (SSSR count). The summed E-state index contributed by atoms with van der Waals surface area (Å²) in [4.78, 5) is 0. The minimum atomic E-state index is 0.769. The van der Waals surface area contributed by atoms with Crippen LogP contribution in [0.1, 0.15) is 62.5 Å². The number of hydrogen-bond donors (Lipinski definition) is 0. The SMILES string of the molecule is C=CC1CCC(c2ccc(CCCC)cc2)CC1. The van der Waals surface area contributed by atoms with Gasteiger partial charge in [-0.3, -0.25) is 0 Å². The quantitative estimate of drug-likeness (QED) is 0.599. The highest BCUT2D eigenvalue weighted by atomic mass is 14.2. The molecule has 0 heterocycles. The zero-order valence-corrected chi connectivity index (χ0v) is 11.7. The largest absolute Gasteiger partial charge is 0.103 e. The topological polar surface area (TPSA) is 0 Å². The van der Waals surface area contributed by atoms with Crippen molar-refractivity contribution in [1.82, 2.24) is 0 Å². The molecule has 1 aliphatic carbocycles. The lowest BCUT2D eigenvalue weighted by Crippen LogP contribution is -2.11. The van der Waals surface area contributed by atoms with E-state index in [1.54, 1.807) is 5.56 Å². The highest BCUT2D eigenvalue weighted by Crippen LogP contribution is 2.36. The van der Waals surface area contributed by atoms with E-state index in [0.29, 0.717) is 0 Å². The van der Waals surface area contributed by atoms with E-state index < -0.39 is 0 Å². The first-order chi connectivity index (χ1) is 8.83. The Morgan fingerprint density at radius 3 is 2.33 bits per heavy atom. The Labute approximate surface area is 112 Å². The molecule has 18 heavy (non-hydrogen) atoms. The molecule has 1 aromatic carbocycles. The van der Waals surface area contributed by atoms with Crippen LogP contribution in [0.4, 0.5) is 0 Å². The molecule has 98 valence electrons. The summed E-state index contributed by atoms with van der Waals surface area (Å²) in [6.07, 6.45) is 11.3. The first kappa shape index (κ1) is 13.4. The van der Waals surface area contributed by atoms with Gasteiger partial charge in [0.1, 0.15) is 0 Å². The molecule has 0 N–H and O–H groups in total. The Morgan fingerprint density at radius 2 is 1.78 bits per heavy atom. The van der Waals surface area contributed by atoms with E-state index in [0.717, 1.165) is 11.8 Å². The molecule has 0 bridgehead atoms. The summed E-state index contributed by atoms with van der Waals surface area (Å²) in [7, 11) is 0. The summed E-state index contributed by atoms with van der Waals surface area (Å²) >= 11 is 0. The summed E-state index contributed by atoms with van der Waals surface area (Å²) in [6, 6.07) is 9.41. The molecule has 1 aliphatic rings. The standard InChI is InChI=1S/C18H26/c1-3-5-6-16-9-13-18(14-10-16)17-11-7-15(4-2)8-12-17/h4,9-10,13-15,17H,2-3,5-8,11-12H2,1H3. The van der Waals surface area contributed by atoms with Crippen LogP contribution in [0.2, 0.25) is 0 Å². The summed E-state index contributed by atoms with van der Waals surface area (Å²) in [5, 5.41) is 0. The van der Waals surface area contributed by atoms with Crippen LogP contribution >= 0.6 is 0 Å². The highest BCUT2D eigenvalue weighted by Gasteiger charge is 2.20. The van der Waals surface area contributed by atoms with Crippen LogP contribution in [-0.4, -0.2) is 0 Å². The Balaban J connectivity index is 1.91. The average Bonchev–Trinajstić information content (AvgIpc) is 2.46. The molecule has 0 unspecified atom stereocenters. The fraction of sp³-hybridized carbons (Fsp3) is 0.556. The van der Waals surface area contributed by atoms with Crippen LogP contribution < -0.4 is 0 Å². The lowest BCUT2D eigenvalue weighted by Gasteiger charge is -2.27. The number of unbranched alkanes of at least 4 members (excludes halogenated alkanes) is 1. The van der Waals surface area contributed by atoms with Crippen molar-refractivity contribution in [2.45, 2.75) is 57.8 Å². The van der Waals surface area contributed by atoms with Crippen molar-refractivity contribution in [3.05, 3.63) is 48.0 Å². The van der Waals surface area contributed by atoms with Crippen molar-refractivity contribution in [3.63, 3.8) is 0 Å². The Hall–Kier alpha value is -1.04. The Bertz CT molecular complexity index is 352. The molecule has 1 fully saturated rings. The van der Waals surface area contributed by atoms with E-state index in [-0.39, 0.29) is 0 Å². The van der Waals surface area contributed by atoms with Crippen LogP contribution in [0.5, 0.6) is 0 Å². The number of allylic oxidation sites excluding steroid dienone is 1. The van der Waals surface area contributed by atoms with Gasteiger partial charge in [-0.2, -0.15) is 0 Å². The molecule has 0 aromatic heterocycles. The molecular formula is C18H26. The molecule has 0 spiro atoms. The van der Waals surface area contributed by atoms with Gasteiger partial charge in [0.05, 0.1) is 0 Å². The lowest BCUT2D eigenvalue weighted by molar-refractivity contribution is 0.376. The number of rotatable bonds is 5. The summed E-state index contributed by atoms with van der Waals surface area (Å²) in [5.74, 6) is 1.56. The van der Waals surface area contributed by atoms with Gasteiger partial charge >= 0.3 is 0 Å². The van der Waals surface area contributed by atoms with Crippen LogP contribution in [0.15, 0.2) is 36.9 Å². The van der Waals surface area contributed by atoms with E-state index in [1.807, 2.05) is 0 Å². The zero-order chi connectivity index (χ0) is 12.8. The third kappa shape index (κ3) is 3.48. The molecule has 0 saturated heterocycles. The molecule has 0 amide bonds. The molecule has 1 saturated carbocycles. The second-order valence-corrected chi connectivity index (χ2v) is 5.69. The summed E-state index contributed by atoms with van der Waals surface area (Å²) in [6.45, 7) is 6.18. The van der Waals surface area contributed by atoms with E-state index in [4.69, 9.17) is 0 Å². The lowest BCUT2D eigenvalue weighted by atomic mass is 9.78. The predicted octanol–water partition coefficient (Wildman–Crippen LogP) is 5.49. The molecule has 0 radical (unpaired) electrons. The normalized spacial score (nSPS) is 23.8. The second kappa shape index (κ2) is 6.78. The van der Waals surface area contributed by atoms with Crippen molar-refractivity contribution >= 4 is 0 Å². The average molecular weight is 242 g/mol. The van der Waals surface area contributed by atoms with Crippen molar-refractivity contribution in [2.24, 2.45) is 5.92 Å². The van der Waals surface area contributed by atoms with Crippen molar-refractivity contribution < 1.29 is 0 Å². The van der Waals surface area contributed by atoms with Gasteiger partial charge in [-0.25, -0.2) is 0 Å². The highest BCUT2D eigenvalue weighted by molar-refractivity contribution is 5.26. The predicted molar refractivity (Wildman–Crippen MR) is 80.0 cm³/mol. The van der Waals surface area contributed by atoms with E-state index in [1.165, 1.54) is 50.5 Å². The van der Waals surface area contributed by atoms with Gasteiger partial charge < -0.3 is 0 Å². The van der Waals surface area contributed by atoms with Crippen molar-refractivity contribution in [2.75, 3.05) is 0 Å². The fourth-order valence-electron chi connectivity index (χ4n) is 3.03.